The molecule has 0 spiro atoms. The second kappa shape index (κ2) is 11.2. The first-order chi connectivity index (χ1) is 11.2. The lowest BCUT2D eigenvalue weighted by molar-refractivity contribution is 0.414. The van der Waals surface area contributed by atoms with Crippen LogP contribution in [0.1, 0.15) is 16.3 Å². The molecule has 0 aliphatic heterocycles. The molecule has 0 aliphatic rings. The number of aliphatic imine (C=N–C) groups is 1. The van der Waals surface area contributed by atoms with Crippen molar-refractivity contribution >= 4 is 41.3 Å². The van der Waals surface area contributed by atoms with E-state index in [0.717, 1.165) is 48.3 Å². The number of thiazole rings is 1. The summed E-state index contributed by atoms with van der Waals surface area (Å²) in [6.07, 6.45) is 1.82. The zero-order valence-electron chi connectivity index (χ0n) is 14.3. The predicted molar refractivity (Wildman–Crippen MR) is 112 cm³/mol. The molecule has 0 fully saturated rings. The minimum Gasteiger partial charge on any atom is -0.497 e. The minimum absolute atomic E-state index is 0. The molecule has 0 unspecified atom stereocenters. The summed E-state index contributed by atoms with van der Waals surface area (Å²) < 4.78 is 5.24. The molecule has 24 heavy (non-hydrogen) atoms. The van der Waals surface area contributed by atoms with Gasteiger partial charge in [0.15, 0.2) is 5.96 Å². The fourth-order valence-electron chi connectivity index (χ4n) is 2.21. The van der Waals surface area contributed by atoms with Gasteiger partial charge >= 0.3 is 0 Å². The molecule has 1 aromatic heterocycles. The fraction of sp³-hybridized carbons (Fsp3) is 0.412. The molecular formula is C17H25IN4OS. The summed E-state index contributed by atoms with van der Waals surface area (Å²) in [5, 5.41) is 9.86. The van der Waals surface area contributed by atoms with E-state index in [1.807, 2.05) is 19.1 Å². The van der Waals surface area contributed by atoms with Crippen molar-refractivity contribution in [3.8, 4) is 5.75 Å². The van der Waals surface area contributed by atoms with Crippen LogP contribution in [0.25, 0.3) is 0 Å². The van der Waals surface area contributed by atoms with Gasteiger partial charge in [-0.15, -0.1) is 35.3 Å². The zero-order valence-corrected chi connectivity index (χ0v) is 17.5. The van der Waals surface area contributed by atoms with Crippen molar-refractivity contribution in [2.45, 2.75) is 19.8 Å². The van der Waals surface area contributed by atoms with Crippen LogP contribution in [0, 0.1) is 6.92 Å². The smallest absolute Gasteiger partial charge is 0.190 e. The van der Waals surface area contributed by atoms with Crippen LogP contribution < -0.4 is 15.4 Å². The Balaban J connectivity index is 0.00000288. The van der Waals surface area contributed by atoms with Gasteiger partial charge in [-0.25, -0.2) is 4.98 Å². The molecule has 0 aliphatic carbocycles. The van der Waals surface area contributed by atoms with Crippen LogP contribution in [-0.2, 0) is 12.8 Å². The maximum absolute atomic E-state index is 5.24. The Labute approximate surface area is 165 Å². The van der Waals surface area contributed by atoms with Crippen LogP contribution in [0.15, 0.2) is 34.6 Å². The third kappa shape index (κ3) is 7.04. The number of aromatic nitrogens is 1. The monoisotopic (exact) mass is 460 g/mol. The van der Waals surface area contributed by atoms with Gasteiger partial charge in [0.05, 0.1) is 17.8 Å². The normalized spacial score (nSPS) is 10.9. The van der Waals surface area contributed by atoms with Crippen LogP contribution >= 0.6 is 35.3 Å². The summed E-state index contributed by atoms with van der Waals surface area (Å²) in [4.78, 5) is 8.70. The van der Waals surface area contributed by atoms with Crippen LogP contribution in [0.2, 0.25) is 0 Å². The molecule has 2 aromatic rings. The van der Waals surface area contributed by atoms with Crippen molar-refractivity contribution in [2.24, 2.45) is 4.99 Å². The van der Waals surface area contributed by atoms with Crippen molar-refractivity contribution < 1.29 is 4.74 Å². The number of aryl methyl sites for hydroxylation is 1. The molecule has 2 rings (SSSR count). The number of methoxy groups -OCH3 is 1. The van der Waals surface area contributed by atoms with E-state index in [-0.39, 0.29) is 24.0 Å². The molecular weight excluding hydrogens is 435 g/mol. The number of halogens is 1. The summed E-state index contributed by atoms with van der Waals surface area (Å²) in [7, 11) is 3.47. The van der Waals surface area contributed by atoms with E-state index in [1.165, 1.54) is 5.56 Å². The van der Waals surface area contributed by atoms with Gasteiger partial charge in [-0.1, -0.05) is 12.1 Å². The predicted octanol–water partition coefficient (Wildman–Crippen LogP) is 3.03. The highest BCUT2D eigenvalue weighted by Crippen LogP contribution is 2.12. The third-order valence-corrected chi connectivity index (χ3v) is 4.23. The van der Waals surface area contributed by atoms with Gasteiger partial charge < -0.3 is 15.4 Å². The van der Waals surface area contributed by atoms with E-state index >= 15 is 0 Å². The molecule has 1 aromatic carbocycles. The Morgan fingerprint density at radius 2 is 2.00 bits per heavy atom. The van der Waals surface area contributed by atoms with E-state index in [1.54, 1.807) is 25.5 Å². The highest BCUT2D eigenvalue weighted by atomic mass is 127. The topological polar surface area (TPSA) is 58.5 Å². The number of rotatable bonds is 7. The molecule has 132 valence electrons. The van der Waals surface area contributed by atoms with Gasteiger partial charge in [-0.05, 0) is 31.0 Å². The Hall–Kier alpha value is -1.35. The molecule has 1 heterocycles. The van der Waals surface area contributed by atoms with Gasteiger partial charge in [0.25, 0.3) is 0 Å². The molecule has 0 saturated heterocycles. The molecule has 7 heteroatoms. The van der Waals surface area contributed by atoms with Gasteiger partial charge in [0.2, 0.25) is 0 Å². The molecule has 0 bridgehead atoms. The van der Waals surface area contributed by atoms with E-state index in [4.69, 9.17) is 4.74 Å². The number of nitrogens with one attached hydrogen (secondary N) is 2. The summed E-state index contributed by atoms with van der Waals surface area (Å²) in [5.41, 5.74) is 2.37. The average Bonchev–Trinajstić information content (AvgIpc) is 2.99. The largest absolute Gasteiger partial charge is 0.497 e. The van der Waals surface area contributed by atoms with Crippen LogP contribution in [0.3, 0.4) is 0 Å². The number of hydrogen-bond donors (Lipinski definition) is 2. The minimum atomic E-state index is 0. The van der Waals surface area contributed by atoms with E-state index in [0.29, 0.717) is 0 Å². The maximum Gasteiger partial charge on any atom is 0.190 e. The van der Waals surface area contributed by atoms with Crippen LogP contribution in [0.4, 0.5) is 0 Å². The molecule has 5 nitrogen and oxygen atoms in total. The Bertz CT molecular complexity index is 645. The van der Waals surface area contributed by atoms with E-state index in [2.05, 4.69) is 38.1 Å². The van der Waals surface area contributed by atoms with E-state index in [9.17, 15) is 0 Å². The summed E-state index contributed by atoms with van der Waals surface area (Å²) in [5.74, 6) is 1.71. The molecule has 0 amide bonds. The fourth-order valence-corrected chi connectivity index (χ4v) is 2.85. The van der Waals surface area contributed by atoms with Gasteiger partial charge in [0.1, 0.15) is 5.75 Å². The first kappa shape index (κ1) is 20.7. The second-order valence-corrected chi connectivity index (χ2v) is 6.20. The highest BCUT2D eigenvalue weighted by Gasteiger charge is 2.01. The first-order valence-electron chi connectivity index (χ1n) is 7.69. The van der Waals surface area contributed by atoms with Gasteiger partial charge in [0, 0.05) is 31.9 Å². The van der Waals surface area contributed by atoms with Crippen molar-refractivity contribution in [2.75, 3.05) is 27.2 Å². The van der Waals surface area contributed by atoms with Crippen molar-refractivity contribution in [1.82, 2.24) is 15.6 Å². The van der Waals surface area contributed by atoms with Crippen molar-refractivity contribution in [1.29, 1.82) is 0 Å². The molecule has 0 radical (unpaired) electrons. The third-order valence-electron chi connectivity index (χ3n) is 3.40. The molecule has 0 atom stereocenters. The summed E-state index contributed by atoms with van der Waals surface area (Å²) >= 11 is 1.69. The average molecular weight is 460 g/mol. The number of hydrogen-bond acceptors (Lipinski definition) is 4. The summed E-state index contributed by atoms with van der Waals surface area (Å²) in [6, 6.07) is 8.13. The summed E-state index contributed by atoms with van der Waals surface area (Å²) in [6.45, 7) is 3.67. The Morgan fingerprint density at radius 3 is 2.62 bits per heavy atom. The Morgan fingerprint density at radius 1 is 1.25 bits per heavy atom. The number of guanidine groups is 1. The first-order valence-corrected chi connectivity index (χ1v) is 8.57. The van der Waals surface area contributed by atoms with Crippen molar-refractivity contribution in [3.05, 3.63) is 45.9 Å². The lowest BCUT2D eigenvalue weighted by Gasteiger charge is -2.11. The van der Waals surface area contributed by atoms with Crippen LogP contribution in [-0.4, -0.2) is 38.2 Å². The highest BCUT2D eigenvalue weighted by molar-refractivity contribution is 14.0. The van der Waals surface area contributed by atoms with Gasteiger partial charge in [-0.3, -0.25) is 4.99 Å². The Kier molecular flexibility index (Phi) is 9.70. The number of nitrogens with zero attached hydrogens (tertiary/aromatic N) is 2. The van der Waals surface area contributed by atoms with E-state index < -0.39 is 0 Å². The standard InChI is InChI=1S/C17H24N4OS.HI/c1-13-21-15(12-23-13)8-10-20-17(18-2)19-9-7-14-5-4-6-16(11-14)22-3;/h4-6,11-12H,7-10H2,1-3H3,(H2,18,19,20);1H. The molecule has 0 saturated carbocycles. The lowest BCUT2D eigenvalue weighted by atomic mass is 10.1. The van der Waals surface area contributed by atoms with Crippen LogP contribution in [0.5, 0.6) is 5.75 Å². The number of ether oxygens (including phenoxy) is 1. The quantitative estimate of drug-likeness (QED) is 0.379. The second-order valence-electron chi connectivity index (χ2n) is 5.14. The lowest BCUT2D eigenvalue weighted by Crippen LogP contribution is -2.39. The molecule has 2 N–H and O–H groups in total. The zero-order chi connectivity index (χ0) is 16.5. The number of benzene rings is 1. The maximum atomic E-state index is 5.24. The van der Waals surface area contributed by atoms with Crippen molar-refractivity contribution in [3.63, 3.8) is 0 Å². The van der Waals surface area contributed by atoms with Gasteiger partial charge in [-0.2, -0.15) is 0 Å². The SMILES string of the molecule is CN=C(NCCc1cccc(OC)c1)NCCc1csc(C)n1.I.